The van der Waals surface area contributed by atoms with Crippen LogP contribution >= 0.6 is 0 Å². The molecule has 0 aliphatic carbocycles. The van der Waals surface area contributed by atoms with Crippen molar-refractivity contribution in [3.8, 4) is 0 Å². The van der Waals surface area contributed by atoms with Gasteiger partial charge in [-0.1, -0.05) is 0 Å². The maximum absolute atomic E-state index is 11.2. The number of ether oxygens (including phenoxy) is 1. The van der Waals surface area contributed by atoms with Crippen molar-refractivity contribution in [1.29, 1.82) is 0 Å². The van der Waals surface area contributed by atoms with E-state index in [0.29, 0.717) is 23.5 Å². The molecule has 4 nitrogen and oxygen atoms in total. The zero-order chi connectivity index (χ0) is 10.9. The van der Waals surface area contributed by atoms with Gasteiger partial charge in [-0.15, -0.1) is 0 Å². The van der Waals surface area contributed by atoms with Crippen LogP contribution in [0, 0.1) is 5.92 Å². The average Bonchev–Trinajstić information content (AvgIpc) is 2.55. The lowest BCUT2D eigenvalue weighted by Gasteiger charge is -2.24. The molecule has 0 aromatic heterocycles. The Bertz CT molecular complexity index is 301. The van der Waals surface area contributed by atoms with Gasteiger partial charge >= 0.3 is 0 Å². The van der Waals surface area contributed by atoms with Gasteiger partial charge in [-0.25, -0.2) is 8.42 Å². The van der Waals surface area contributed by atoms with Crippen molar-refractivity contribution in [2.45, 2.75) is 38.5 Å². The first-order chi connectivity index (χ1) is 7.05. The van der Waals surface area contributed by atoms with Crippen LogP contribution in [0.3, 0.4) is 0 Å². The molecule has 2 heterocycles. The first-order valence-corrected chi connectivity index (χ1v) is 7.46. The summed E-state index contributed by atoms with van der Waals surface area (Å²) in [4.78, 5) is 0. The second kappa shape index (κ2) is 4.39. The summed E-state index contributed by atoms with van der Waals surface area (Å²) in [7, 11) is -2.72. The number of hydrogen-bond acceptors (Lipinski definition) is 4. The molecule has 1 N–H and O–H groups in total. The topological polar surface area (TPSA) is 55.4 Å². The van der Waals surface area contributed by atoms with Gasteiger partial charge in [-0.05, 0) is 32.1 Å². The van der Waals surface area contributed by atoms with E-state index in [0.717, 1.165) is 25.8 Å². The third kappa shape index (κ3) is 3.16. The third-order valence-electron chi connectivity index (χ3n) is 3.25. The van der Waals surface area contributed by atoms with Crippen LogP contribution in [0.1, 0.15) is 26.2 Å². The molecule has 5 heteroatoms. The van der Waals surface area contributed by atoms with E-state index in [1.54, 1.807) is 0 Å². The predicted molar refractivity (Wildman–Crippen MR) is 58.3 cm³/mol. The first-order valence-electron chi connectivity index (χ1n) is 5.64. The molecular weight excluding hydrogens is 214 g/mol. The predicted octanol–water partition coefficient (Wildman–Crippen LogP) is 0.536. The van der Waals surface area contributed by atoms with Crippen LogP contribution in [0.25, 0.3) is 0 Å². The summed E-state index contributed by atoms with van der Waals surface area (Å²) in [5.41, 5.74) is 0. The Morgan fingerprint density at radius 3 is 2.53 bits per heavy atom. The Balaban J connectivity index is 1.77. The molecule has 2 saturated heterocycles. The lowest BCUT2D eigenvalue weighted by Crippen LogP contribution is -2.30. The van der Waals surface area contributed by atoms with Crippen molar-refractivity contribution in [2.24, 2.45) is 5.92 Å². The highest BCUT2D eigenvalue weighted by molar-refractivity contribution is 7.91. The van der Waals surface area contributed by atoms with E-state index in [1.165, 1.54) is 0 Å². The van der Waals surface area contributed by atoms with Gasteiger partial charge < -0.3 is 4.74 Å². The summed E-state index contributed by atoms with van der Waals surface area (Å²) in [6, 6.07) is 0. The van der Waals surface area contributed by atoms with E-state index in [2.05, 4.69) is 12.2 Å². The molecule has 2 aliphatic rings. The van der Waals surface area contributed by atoms with Gasteiger partial charge in [0.05, 0.1) is 17.6 Å². The van der Waals surface area contributed by atoms with Crippen LogP contribution in [0.5, 0.6) is 0 Å². The molecule has 88 valence electrons. The minimum absolute atomic E-state index is 0.144. The van der Waals surface area contributed by atoms with E-state index < -0.39 is 9.84 Å². The third-order valence-corrected chi connectivity index (χ3v) is 4.97. The highest BCUT2D eigenvalue weighted by Crippen LogP contribution is 2.25. The Morgan fingerprint density at radius 2 is 2.00 bits per heavy atom. The molecule has 2 aliphatic heterocycles. The molecule has 0 saturated carbocycles. The molecule has 0 radical (unpaired) electrons. The van der Waals surface area contributed by atoms with E-state index in [4.69, 9.17) is 4.74 Å². The van der Waals surface area contributed by atoms with Gasteiger partial charge in [0.15, 0.2) is 0 Å². The molecule has 0 amide bonds. The number of hydrogen-bond donors (Lipinski definition) is 1. The largest absolute Gasteiger partial charge is 0.359 e. The molecule has 2 fully saturated rings. The van der Waals surface area contributed by atoms with Gasteiger partial charge in [0.1, 0.15) is 16.1 Å². The number of sulfone groups is 1. The Kier molecular flexibility index (Phi) is 3.33. The van der Waals surface area contributed by atoms with Crippen LogP contribution in [-0.2, 0) is 14.6 Å². The van der Waals surface area contributed by atoms with Gasteiger partial charge in [0, 0.05) is 6.54 Å². The molecule has 2 atom stereocenters. The first kappa shape index (κ1) is 11.4. The van der Waals surface area contributed by atoms with Crippen molar-refractivity contribution < 1.29 is 13.2 Å². The minimum atomic E-state index is -2.72. The quantitative estimate of drug-likeness (QED) is 0.756. The number of rotatable bonds is 2. The maximum Gasteiger partial charge on any atom is 0.150 e. The highest BCUT2D eigenvalue weighted by Gasteiger charge is 2.28. The fourth-order valence-corrected chi connectivity index (χ4v) is 3.88. The van der Waals surface area contributed by atoms with Crippen LogP contribution in [0.4, 0.5) is 0 Å². The van der Waals surface area contributed by atoms with Crippen molar-refractivity contribution in [1.82, 2.24) is 5.32 Å². The van der Waals surface area contributed by atoms with E-state index >= 15 is 0 Å². The second-order valence-electron chi connectivity index (χ2n) is 4.67. The zero-order valence-electron chi connectivity index (χ0n) is 9.11. The normalized spacial score (nSPS) is 36.9. The summed E-state index contributed by atoms with van der Waals surface area (Å²) in [6.45, 7) is 2.97. The smallest absolute Gasteiger partial charge is 0.150 e. The summed E-state index contributed by atoms with van der Waals surface area (Å²) in [6.07, 6.45) is 3.00. The molecule has 0 spiro atoms. The molecule has 15 heavy (non-hydrogen) atoms. The molecule has 2 rings (SSSR count). The van der Waals surface area contributed by atoms with E-state index in [9.17, 15) is 8.42 Å². The highest BCUT2D eigenvalue weighted by atomic mass is 32.2. The average molecular weight is 233 g/mol. The fourth-order valence-electron chi connectivity index (χ4n) is 2.29. The van der Waals surface area contributed by atoms with Crippen molar-refractivity contribution in [3.63, 3.8) is 0 Å². The van der Waals surface area contributed by atoms with Gasteiger partial charge in [-0.2, -0.15) is 0 Å². The Labute approximate surface area is 91.3 Å². The van der Waals surface area contributed by atoms with Crippen molar-refractivity contribution in [3.05, 3.63) is 0 Å². The molecule has 0 aromatic carbocycles. The zero-order valence-corrected chi connectivity index (χ0v) is 9.92. The van der Waals surface area contributed by atoms with Crippen LogP contribution in [-0.4, -0.2) is 38.8 Å². The van der Waals surface area contributed by atoms with Crippen LogP contribution in [0.2, 0.25) is 0 Å². The van der Waals surface area contributed by atoms with Gasteiger partial charge in [0.25, 0.3) is 0 Å². The van der Waals surface area contributed by atoms with E-state index in [-0.39, 0.29) is 6.23 Å². The van der Waals surface area contributed by atoms with Crippen LogP contribution in [0.15, 0.2) is 0 Å². The number of nitrogens with one attached hydrogen (secondary N) is 1. The summed E-state index contributed by atoms with van der Waals surface area (Å²) >= 11 is 0. The standard InChI is InChI=1S/C10H19NO3S/c1-8-7-11-10(14-8)6-9-2-4-15(12,13)5-3-9/h8-11H,2-7H2,1H3. The van der Waals surface area contributed by atoms with E-state index in [1.807, 2.05) is 0 Å². The monoisotopic (exact) mass is 233 g/mol. The lowest BCUT2D eigenvalue weighted by atomic mass is 9.98. The molecule has 0 bridgehead atoms. The van der Waals surface area contributed by atoms with Gasteiger partial charge in [-0.3, -0.25) is 5.32 Å². The minimum Gasteiger partial charge on any atom is -0.359 e. The van der Waals surface area contributed by atoms with Crippen LogP contribution < -0.4 is 5.32 Å². The SMILES string of the molecule is CC1CNC(CC2CCS(=O)(=O)CC2)O1. The van der Waals surface area contributed by atoms with Crippen molar-refractivity contribution >= 4 is 9.84 Å². The molecule has 2 unspecified atom stereocenters. The Hall–Kier alpha value is -0.130. The van der Waals surface area contributed by atoms with Crippen molar-refractivity contribution in [2.75, 3.05) is 18.1 Å². The second-order valence-corrected chi connectivity index (χ2v) is 6.98. The Morgan fingerprint density at radius 1 is 1.33 bits per heavy atom. The summed E-state index contributed by atoms with van der Waals surface area (Å²) in [5, 5.41) is 3.30. The molecule has 0 aromatic rings. The summed E-state index contributed by atoms with van der Waals surface area (Å²) in [5.74, 6) is 1.23. The maximum atomic E-state index is 11.2. The molecular formula is C10H19NO3S. The lowest BCUT2D eigenvalue weighted by molar-refractivity contribution is 0.0346. The fraction of sp³-hybridized carbons (Fsp3) is 1.00. The van der Waals surface area contributed by atoms with Gasteiger partial charge in [0.2, 0.25) is 0 Å². The summed E-state index contributed by atoms with van der Waals surface area (Å²) < 4.78 is 28.1.